The third kappa shape index (κ3) is 3.75. The van der Waals surface area contributed by atoms with Crippen LogP contribution in [0.25, 0.3) is 0 Å². The van der Waals surface area contributed by atoms with Gasteiger partial charge >= 0.3 is 12.2 Å². The molecule has 2 N–H and O–H groups in total. The number of rotatable bonds is 2. The summed E-state index contributed by atoms with van der Waals surface area (Å²) in [5.74, 6) is 0. The Morgan fingerprint density at radius 3 is 2.33 bits per heavy atom. The molecule has 1 saturated heterocycles. The van der Waals surface area contributed by atoms with Crippen LogP contribution in [0.5, 0.6) is 0 Å². The van der Waals surface area contributed by atoms with Crippen LogP contribution >= 0.6 is 0 Å². The fourth-order valence-electron chi connectivity index (χ4n) is 2.80. The Labute approximate surface area is 139 Å². The molecule has 1 aromatic carbocycles. The van der Waals surface area contributed by atoms with Gasteiger partial charge in [-0.1, -0.05) is 0 Å². The Bertz CT molecular complexity index is 609. The summed E-state index contributed by atoms with van der Waals surface area (Å²) < 4.78 is 38.3. The molecule has 0 radical (unpaired) electrons. The van der Waals surface area contributed by atoms with Crippen molar-refractivity contribution >= 4 is 17.4 Å². The number of anilines is 2. The van der Waals surface area contributed by atoms with Crippen molar-refractivity contribution in [2.75, 3.05) is 37.4 Å². The fourth-order valence-corrected chi connectivity index (χ4v) is 2.80. The Morgan fingerprint density at radius 2 is 1.88 bits per heavy atom. The number of aliphatic hydroxyl groups is 1. The van der Waals surface area contributed by atoms with E-state index in [2.05, 4.69) is 5.32 Å². The van der Waals surface area contributed by atoms with Crippen molar-refractivity contribution in [3.63, 3.8) is 0 Å². The number of likely N-dealkylation sites (tertiary alicyclic amines) is 1. The van der Waals surface area contributed by atoms with Crippen LogP contribution in [0.3, 0.4) is 0 Å². The van der Waals surface area contributed by atoms with Gasteiger partial charge in [0.25, 0.3) is 0 Å². The van der Waals surface area contributed by atoms with Crippen molar-refractivity contribution in [3.05, 3.63) is 23.8 Å². The smallest absolute Gasteiger partial charge is 0.380 e. The van der Waals surface area contributed by atoms with Gasteiger partial charge in [0.05, 0.1) is 0 Å². The van der Waals surface area contributed by atoms with Crippen molar-refractivity contribution in [1.29, 1.82) is 0 Å². The molecule has 0 bridgehead atoms. The molecule has 2 amide bonds. The van der Waals surface area contributed by atoms with Gasteiger partial charge in [-0.05, 0) is 30.7 Å². The minimum atomic E-state index is -4.67. The topological polar surface area (TPSA) is 55.8 Å². The number of urea groups is 1. The van der Waals surface area contributed by atoms with Crippen molar-refractivity contribution in [3.8, 4) is 0 Å². The minimum Gasteiger partial charge on any atom is -0.380 e. The maximum Gasteiger partial charge on any atom is 0.417 e. The van der Waals surface area contributed by atoms with E-state index in [4.69, 9.17) is 0 Å². The van der Waals surface area contributed by atoms with E-state index in [1.807, 2.05) is 38.1 Å². The summed E-state index contributed by atoms with van der Waals surface area (Å²) in [4.78, 5) is 15.4. The number of halogens is 3. The van der Waals surface area contributed by atoms with E-state index in [9.17, 15) is 23.1 Å². The van der Waals surface area contributed by atoms with Crippen molar-refractivity contribution in [2.24, 2.45) is 0 Å². The lowest BCUT2D eigenvalue weighted by atomic mass is 9.91. The van der Waals surface area contributed by atoms with E-state index >= 15 is 0 Å². The predicted molar refractivity (Wildman–Crippen MR) is 86.3 cm³/mol. The highest BCUT2D eigenvalue weighted by Gasteiger charge is 2.54. The van der Waals surface area contributed by atoms with Gasteiger partial charge in [-0.25, -0.2) is 4.79 Å². The van der Waals surface area contributed by atoms with Gasteiger partial charge in [-0.2, -0.15) is 13.2 Å². The molecule has 0 aliphatic carbocycles. The number of aryl methyl sites for hydroxylation is 1. The molecule has 0 spiro atoms. The van der Waals surface area contributed by atoms with E-state index in [-0.39, 0.29) is 13.1 Å². The Morgan fingerprint density at radius 1 is 1.29 bits per heavy atom. The number of amides is 2. The predicted octanol–water partition coefficient (Wildman–Crippen LogP) is 2.98. The third-order valence-electron chi connectivity index (χ3n) is 4.34. The fraction of sp³-hybridized carbons (Fsp3) is 0.562. The summed E-state index contributed by atoms with van der Waals surface area (Å²) in [6.07, 6.45) is -5.69. The lowest BCUT2D eigenvalue weighted by molar-refractivity contribution is -0.271. The Kier molecular flexibility index (Phi) is 4.98. The number of piperidine rings is 1. The third-order valence-corrected chi connectivity index (χ3v) is 4.34. The molecule has 0 atom stereocenters. The van der Waals surface area contributed by atoms with Crippen LogP contribution in [0.2, 0.25) is 0 Å². The maximum absolute atomic E-state index is 12.8. The van der Waals surface area contributed by atoms with E-state index in [1.165, 1.54) is 4.90 Å². The number of hydrogen-bond acceptors (Lipinski definition) is 3. The molecule has 24 heavy (non-hydrogen) atoms. The summed E-state index contributed by atoms with van der Waals surface area (Å²) in [5.41, 5.74) is -0.128. The van der Waals surface area contributed by atoms with Gasteiger partial charge in [-0.3, -0.25) is 0 Å². The summed E-state index contributed by atoms with van der Waals surface area (Å²) >= 11 is 0. The molecule has 5 nitrogen and oxygen atoms in total. The van der Waals surface area contributed by atoms with Crippen molar-refractivity contribution in [1.82, 2.24) is 4.90 Å². The molecule has 134 valence electrons. The lowest BCUT2D eigenvalue weighted by Crippen LogP contribution is -2.55. The van der Waals surface area contributed by atoms with E-state index < -0.39 is 30.7 Å². The second-order valence-electron chi connectivity index (χ2n) is 6.34. The monoisotopic (exact) mass is 345 g/mol. The first-order valence-electron chi connectivity index (χ1n) is 7.66. The standard InChI is InChI=1S/C16H22F3N3O2/c1-11-10-12(4-5-13(11)21(2)3)20-14(23)22-8-6-15(24,7-9-22)16(17,18)19/h4-5,10,24H,6-9H2,1-3H3,(H,20,23). The maximum atomic E-state index is 12.8. The largest absolute Gasteiger partial charge is 0.417 e. The lowest BCUT2D eigenvalue weighted by Gasteiger charge is -2.39. The summed E-state index contributed by atoms with van der Waals surface area (Å²) in [6.45, 7) is 1.63. The Hall–Kier alpha value is -1.96. The van der Waals surface area contributed by atoms with Gasteiger partial charge < -0.3 is 20.2 Å². The second kappa shape index (κ2) is 6.51. The number of carbonyl (C=O) groups is 1. The van der Waals surface area contributed by atoms with Gasteiger partial charge in [0, 0.05) is 51.4 Å². The zero-order valence-corrected chi connectivity index (χ0v) is 13.9. The van der Waals surface area contributed by atoms with Crippen LogP contribution in [0.15, 0.2) is 18.2 Å². The number of hydrogen-bond donors (Lipinski definition) is 2. The SMILES string of the molecule is Cc1cc(NC(=O)N2CCC(O)(C(F)(F)F)CC2)ccc1N(C)C. The molecule has 1 fully saturated rings. The molecule has 0 unspecified atom stereocenters. The molecule has 8 heteroatoms. The molecular weight excluding hydrogens is 323 g/mol. The molecule has 1 heterocycles. The normalized spacial score (nSPS) is 17.5. The zero-order valence-electron chi connectivity index (χ0n) is 13.9. The van der Waals surface area contributed by atoms with E-state index in [0.29, 0.717) is 5.69 Å². The van der Waals surface area contributed by atoms with Gasteiger partial charge in [-0.15, -0.1) is 0 Å². The molecular formula is C16H22F3N3O2. The number of nitrogens with one attached hydrogen (secondary N) is 1. The number of nitrogens with zero attached hydrogens (tertiary/aromatic N) is 2. The summed E-state index contributed by atoms with van der Waals surface area (Å²) in [7, 11) is 3.83. The average molecular weight is 345 g/mol. The average Bonchev–Trinajstić information content (AvgIpc) is 2.46. The van der Waals surface area contributed by atoms with E-state index in [0.717, 1.165) is 11.3 Å². The number of benzene rings is 1. The highest BCUT2D eigenvalue weighted by Crippen LogP contribution is 2.38. The molecule has 1 aliphatic rings. The number of alkyl halides is 3. The van der Waals surface area contributed by atoms with Crippen LogP contribution in [0.1, 0.15) is 18.4 Å². The first-order chi connectivity index (χ1) is 11.0. The van der Waals surface area contributed by atoms with Crippen LogP contribution in [-0.2, 0) is 0 Å². The molecule has 0 saturated carbocycles. The minimum absolute atomic E-state index is 0.142. The molecule has 1 aliphatic heterocycles. The van der Waals surface area contributed by atoms with Gasteiger partial charge in [0.15, 0.2) is 5.60 Å². The van der Waals surface area contributed by atoms with Gasteiger partial charge in [0.1, 0.15) is 0 Å². The van der Waals surface area contributed by atoms with Crippen molar-refractivity contribution < 1.29 is 23.1 Å². The summed E-state index contributed by atoms with van der Waals surface area (Å²) in [6, 6.07) is 4.96. The van der Waals surface area contributed by atoms with Gasteiger partial charge in [0.2, 0.25) is 0 Å². The first-order valence-corrected chi connectivity index (χ1v) is 7.66. The number of carbonyl (C=O) groups excluding carboxylic acids is 1. The molecule has 1 aromatic rings. The van der Waals surface area contributed by atoms with Crippen LogP contribution in [0.4, 0.5) is 29.3 Å². The highest BCUT2D eigenvalue weighted by molar-refractivity contribution is 5.89. The van der Waals surface area contributed by atoms with Crippen molar-refractivity contribution in [2.45, 2.75) is 31.5 Å². The highest BCUT2D eigenvalue weighted by atomic mass is 19.4. The second-order valence-corrected chi connectivity index (χ2v) is 6.34. The molecule has 0 aromatic heterocycles. The van der Waals surface area contributed by atoms with E-state index in [1.54, 1.807) is 6.07 Å². The summed E-state index contributed by atoms with van der Waals surface area (Å²) in [5, 5.41) is 12.3. The zero-order chi connectivity index (χ0) is 18.1. The quantitative estimate of drug-likeness (QED) is 0.866. The van der Waals surface area contributed by atoms with Crippen LogP contribution < -0.4 is 10.2 Å². The van der Waals surface area contributed by atoms with Crippen LogP contribution in [0, 0.1) is 6.92 Å². The Balaban J connectivity index is 1.98. The first kappa shape index (κ1) is 18.4. The van der Waals surface area contributed by atoms with Crippen LogP contribution in [-0.4, -0.2) is 55.0 Å². The molecule has 2 rings (SSSR count).